The third-order valence-corrected chi connectivity index (χ3v) is 6.77. The Kier molecular flexibility index (Phi) is 3.96. The van der Waals surface area contributed by atoms with Crippen LogP contribution < -0.4 is 0 Å². The Morgan fingerprint density at radius 3 is 2.43 bits per heavy atom. The largest absolute Gasteiger partial charge is 0.447 e. The Morgan fingerprint density at radius 1 is 1.18 bits per heavy atom. The lowest BCUT2D eigenvalue weighted by Gasteiger charge is -2.52. The maximum Gasteiger partial charge on any atom is 0.217 e. The van der Waals surface area contributed by atoms with E-state index in [1.54, 1.807) is 0 Å². The van der Waals surface area contributed by atoms with Gasteiger partial charge in [-0.3, -0.25) is 5.41 Å². The number of benzene rings is 1. The average molecular weight is 378 g/mol. The summed E-state index contributed by atoms with van der Waals surface area (Å²) >= 11 is 0. The lowest BCUT2D eigenvalue weighted by Crippen LogP contribution is -2.61. The van der Waals surface area contributed by atoms with E-state index >= 15 is 0 Å². The van der Waals surface area contributed by atoms with Gasteiger partial charge in [0.2, 0.25) is 17.1 Å². The smallest absolute Gasteiger partial charge is 0.217 e. The molecule has 3 fully saturated rings. The van der Waals surface area contributed by atoms with Gasteiger partial charge in [0.25, 0.3) is 0 Å². The van der Waals surface area contributed by atoms with Crippen LogP contribution >= 0.6 is 0 Å². The van der Waals surface area contributed by atoms with Gasteiger partial charge >= 0.3 is 0 Å². The van der Waals surface area contributed by atoms with Gasteiger partial charge in [0.15, 0.2) is 5.41 Å². The average Bonchev–Trinajstić information content (AvgIpc) is 2.92. The van der Waals surface area contributed by atoms with Gasteiger partial charge in [0, 0.05) is 6.42 Å². The van der Waals surface area contributed by atoms with Crippen molar-refractivity contribution in [2.24, 2.45) is 22.7 Å². The molecule has 1 aliphatic carbocycles. The van der Waals surface area contributed by atoms with Crippen LogP contribution in [0.3, 0.4) is 0 Å². The van der Waals surface area contributed by atoms with E-state index in [4.69, 9.17) is 14.9 Å². The van der Waals surface area contributed by atoms with Gasteiger partial charge < -0.3 is 9.47 Å². The first kappa shape index (κ1) is 18.4. The van der Waals surface area contributed by atoms with E-state index in [0.29, 0.717) is 24.3 Å². The van der Waals surface area contributed by atoms with E-state index in [-0.39, 0.29) is 5.90 Å². The summed E-state index contributed by atoms with van der Waals surface area (Å²) in [5, 5.41) is 39.0. The molecule has 2 aliphatic heterocycles. The third kappa shape index (κ3) is 1.99. The van der Waals surface area contributed by atoms with Crippen LogP contribution in [-0.2, 0) is 9.47 Å². The van der Waals surface area contributed by atoms with E-state index in [2.05, 4.69) is 13.0 Å². The minimum Gasteiger partial charge on any atom is -0.447 e. The van der Waals surface area contributed by atoms with Crippen molar-refractivity contribution in [2.75, 3.05) is 0 Å². The predicted octanol–water partition coefficient (Wildman–Crippen LogP) is 3.97. The van der Waals surface area contributed by atoms with Crippen LogP contribution in [0.5, 0.6) is 0 Å². The number of ether oxygens (including phenoxy) is 2. The van der Waals surface area contributed by atoms with Crippen molar-refractivity contribution < 1.29 is 13.9 Å². The Hall–Kier alpha value is -2.95. The summed E-state index contributed by atoms with van der Waals surface area (Å²) in [5.41, 5.74) is -3.30. The van der Waals surface area contributed by atoms with E-state index < -0.39 is 34.5 Å². The van der Waals surface area contributed by atoms with E-state index in [1.165, 1.54) is 24.3 Å². The topological polar surface area (TPSA) is 114 Å². The van der Waals surface area contributed by atoms with Crippen molar-refractivity contribution in [3.63, 3.8) is 0 Å². The molecule has 2 heterocycles. The molecule has 1 saturated carbocycles. The summed E-state index contributed by atoms with van der Waals surface area (Å²) < 4.78 is 25.6. The molecule has 1 aromatic carbocycles. The highest BCUT2D eigenvalue weighted by Crippen LogP contribution is 2.70. The lowest BCUT2D eigenvalue weighted by molar-refractivity contribution is -0.299. The first-order valence-corrected chi connectivity index (χ1v) is 9.38. The normalized spacial score (nSPS) is 37.7. The van der Waals surface area contributed by atoms with Gasteiger partial charge in [0.1, 0.15) is 11.9 Å². The second-order valence-electron chi connectivity index (χ2n) is 7.85. The lowest BCUT2D eigenvalue weighted by atomic mass is 9.50. The van der Waals surface area contributed by atoms with Crippen LogP contribution in [0, 0.1) is 67.9 Å². The Balaban J connectivity index is 1.96. The molecule has 142 valence electrons. The highest BCUT2D eigenvalue weighted by atomic mass is 19.1. The molecule has 0 radical (unpaired) electrons. The number of nitriles is 3. The second kappa shape index (κ2) is 6.03. The summed E-state index contributed by atoms with van der Waals surface area (Å²) in [6, 6.07) is 11.5. The van der Waals surface area contributed by atoms with Crippen molar-refractivity contribution >= 4 is 5.90 Å². The van der Waals surface area contributed by atoms with Crippen LogP contribution in [0.4, 0.5) is 4.39 Å². The Morgan fingerprint density at radius 2 is 1.86 bits per heavy atom. The third-order valence-electron chi connectivity index (χ3n) is 6.77. The highest BCUT2D eigenvalue weighted by Gasteiger charge is 2.80. The zero-order valence-corrected chi connectivity index (χ0v) is 15.4. The van der Waals surface area contributed by atoms with E-state index in [1.807, 2.05) is 12.1 Å². The van der Waals surface area contributed by atoms with Crippen molar-refractivity contribution in [1.82, 2.24) is 0 Å². The first-order chi connectivity index (χ1) is 13.4. The highest BCUT2D eigenvalue weighted by molar-refractivity contribution is 5.89. The number of rotatable bonds is 2. The summed E-state index contributed by atoms with van der Waals surface area (Å²) in [5.74, 6) is -2.31. The van der Waals surface area contributed by atoms with Gasteiger partial charge in [-0.05, 0) is 36.5 Å². The number of nitrogens with one attached hydrogen (secondary N) is 1. The Labute approximate surface area is 162 Å². The molecule has 0 aromatic heterocycles. The van der Waals surface area contributed by atoms with Crippen LogP contribution in [0.15, 0.2) is 24.3 Å². The summed E-state index contributed by atoms with van der Waals surface area (Å²) in [6.07, 6.45) is 1.61. The van der Waals surface area contributed by atoms with Gasteiger partial charge in [-0.25, -0.2) is 4.39 Å². The maximum atomic E-state index is 13.4. The van der Waals surface area contributed by atoms with Gasteiger partial charge in [0.05, 0.1) is 24.1 Å². The minimum absolute atomic E-state index is 0.307. The fraction of sp³-hybridized carbons (Fsp3) is 0.524. The van der Waals surface area contributed by atoms with Crippen LogP contribution in [-0.4, -0.2) is 11.7 Å². The molecule has 5 atom stereocenters. The molecule has 1 aromatic rings. The molecule has 3 aliphatic rings. The predicted molar refractivity (Wildman–Crippen MR) is 94.6 cm³/mol. The minimum atomic E-state index is -1.98. The van der Waals surface area contributed by atoms with E-state index in [0.717, 1.165) is 12.8 Å². The standard InChI is InChI=1S/C21H19FN4O2/c1-2-13-7-8-21-16(9-13)20(12-25,18(26)28-21)19(10-23,11-24)17(27-21)14-3-5-15(22)6-4-14/h3-6,13,16-17,26H,2,7-9H2,1H3. The quantitative estimate of drug-likeness (QED) is 0.836. The number of hydrogen-bond donors (Lipinski definition) is 1. The van der Waals surface area contributed by atoms with Crippen LogP contribution in [0.1, 0.15) is 44.3 Å². The fourth-order valence-electron chi connectivity index (χ4n) is 5.23. The van der Waals surface area contributed by atoms with Gasteiger partial charge in [-0.2, -0.15) is 15.8 Å². The van der Waals surface area contributed by atoms with Crippen molar-refractivity contribution in [2.45, 2.75) is 44.5 Å². The van der Waals surface area contributed by atoms with Gasteiger partial charge in [-0.15, -0.1) is 0 Å². The SMILES string of the molecule is CCC1CCC23OC(=N)C(C#N)(C2C1)C(C#N)(C#N)C(c1ccc(F)cc1)O3. The number of hydrogen-bond acceptors (Lipinski definition) is 6. The van der Waals surface area contributed by atoms with Crippen LogP contribution in [0.25, 0.3) is 0 Å². The van der Waals surface area contributed by atoms with Crippen molar-refractivity contribution in [1.29, 1.82) is 21.2 Å². The molecule has 0 spiro atoms. The Bertz CT molecular complexity index is 943. The number of nitrogens with zero attached hydrogens (tertiary/aromatic N) is 3. The molecular weight excluding hydrogens is 359 g/mol. The van der Waals surface area contributed by atoms with E-state index in [9.17, 15) is 20.2 Å². The zero-order valence-electron chi connectivity index (χ0n) is 15.4. The second-order valence-corrected chi connectivity index (χ2v) is 7.85. The first-order valence-electron chi connectivity index (χ1n) is 9.38. The van der Waals surface area contributed by atoms with Crippen molar-refractivity contribution in [3.05, 3.63) is 35.6 Å². The molecule has 7 heteroatoms. The monoisotopic (exact) mass is 378 g/mol. The summed E-state index contributed by atoms with van der Waals surface area (Å²) in [6.45, 7) is 2.06. The number of halogens is 1. The molecular formula is C21H19FN4O2. The summed E-state index contributed by atoms with van der Waals surface area (Å²) in [7, 11) is 0. The van der Waals surface area contributed by atoms with Crippen molar-refractivity contribution in [3.8, 4) is 18.2 Å². The maximum absolute atomic E-state index is 13.4. The zero-order chi connectivity index (χ0) is 20.2. The molecule has 2 bridgehead atoms. The molecule has 28 heavy (non-hydrogen) atoms. The molecule has 5 unspecified atom stereocenters. The molecule has 4 rings (SSSR count). The molecule has 0 amide bonds. The van der Waals surface area contributed by atoms with Gasteiger partial charge in [-0.1, -0.05) is 25.5 Å². The fourth-order valence-corrected chi connectivity index (χ4v) is 5.23. The molecule has 1 N–H and O–H groups in total. The summed E-state index contributed by atoms with van der Waals surface area (Å²) in [4.78, 5) is 0. The van der Waals surface area contributed by atoms with Crippen LogP contribution in [0.2, 0.25) is 0 Å². The molecule has 2 saturated heterocycles. The molecule has 6 nitrogen and oxygen atoms in total.